The predicted octanol–water partition coefficient (Wildman–Crippen LogP) is 3.78. The van der Waals surface area contributed by atoms with Gasteiger partial charge in [0.15, 0.2) is 0 Å². The molecule has 7 nitrogen and oxygen atoms in total. The number of anilines is 1. The number of pyridine rings is 1. The van der Waals surface area contributed by atoms with Crippen LogP contribution in [-0.2, 0) is 0 Å². The van der Waals surface area contributed by atoms with Gasteiger partial charge in [-0.2, -0.15) is 5.10 Å². The van der Waals surface area contributed by atoms with E-state index in [0.29, 0.717) is 6.04 Å². The fourth-order valence-corrected chi connectivity index (χ4v) is 4.04. The fourth-order valence-electron chi connectivity index (χ4n) is 4.04. The average Bonchev–Trinajstić information content (AvgIpc) is 3.18. The largest absolute Gasteiger partial charge is 0.353 e. The molecule has 3 aromatic heterocycles. The van der Waals surface area contributed by atoms with E-state index >= 15 is 0 Å². The Labute approximate surface area is 167 Å². The molecule has 1 aliphatic carbocycles. The second-order valence-corrected chi connectivity index (χ2v) is 7.49. The second-order valence-electron chi connectivity index (χ2n) is 7.49. The summed E-state index contributed by atoms with van der Waals surface area (Å²) in [6.45, 7) is 0. The molecule has 0 aliphatic heterocycles. The monoisotopic (exact) mass is 386 g/mol. The molecule has 0 radical (unpaired) electrons. The maximum atomic E-state index is 12.4. The number of imidazole rings is 1. The number of para-hydroxylation sites is 2. The quantitative estimate of drug-likeness (QED) is 0.557. The van der Waals surface area contributed by atoms with Gasteiger partial charge in [-0.05, 0) is 56.0 Å². The summed E-state index contributed by atoms with van der Waals surface area (Å²) in [5.74, 6) is 0.810. The standard InChI is InChI=1S/C22H22N6O/c29-21-10-9-18(15-11-13-23-14-12-15)27-28(21)17-7-5-16(6-8-17)24-22-25-19-3-1-2-4-20(19)26-22/h1-4,9-14,16-17H,5-8H2,(H2,24,25,26). The van der Waals surface area contributed by atoms with Crippen molar-refractivity contribution in [2.24, 2.45) is 0 Å². The summed E-state index contributed by atoms with van der Waals surface area (Å²) in [6.07, 6.45) is 7.22. The molecule has 0 atom stereocenters. The zero-order valence-corrected chi connectivity index (χ0v) is 16.0. The van der Waals surface area contributed by atoms with Crippen LogP contribution in [0.5, 0.6) is 0 Å². The molecule has 4 aromatic rings. The van der Waals surface area contributed by atoms with Crippen LogP contribution in [0, 0.1) is 0 Å². The van der Waals surface area contributed by atoms with Gasteiger partial charge in [0.2, 0.25) is 5.95 Å². The van der Waals surface area contributed by atoms with Gasteiger partial charge in [0, 0.05) is 30.1 Å². The number of nitrogens with zero attached hydrogens (tertiary/aromatic N) is 4. The third-order valence-corrected chi connectivity index (χ3v) is 5.57. The molecular formula is C22H22N6O. The number of benzene rings is 1. The molecule has 146 valence electrons. The van der Waals surface area contributed by atoms with Crippen molar-refractivity contribution < 1.29 is 0 Å². The first-order chi connectivity index (χ1) is 14.3. The second kappa shape index (κ2) is 7.50. The number of aromatic nitrogens is 5. The molecule has 0 saturated heterocycles. The maximum Gasteiger partial charge on any atom is 0.267 e. The molecule has 1 aromatic carbocycles. The number of H-pyrrole nitrogens is 1. The minimum absolute atomic E-state index is 0.0449. The van der Waals surface area contributed by atoms with E-state index in [1.54, 1.807) is 29.2 Å². The average molecular weight is 386 g/mol. The summed E-state index contributed by atoms with van der Waals surface area (Å²) in [4.78, 5) is 24.4. The molecule has 0 bridgehead atoms. The molecule has 1 aliphatic rings. The van der Waals surface area contributed by atoms with Crippen LogP contribution in [0.15, 0.2) is 65.7 Å². The van der Waals surface area contributed by atoms with Crippen molar-refractivity contribution in [1.29, 1.82) is 0 Å². The number of aromatic amines is 1. The Morgan fingerprint density at radius 3 is 2.55 bits per heavy atom. The molecule has 5 rings (SSSR count). The number of nitrogens with one attached hydrogen (secondary N) is 2. The van der Waals surface area contributed by atoms with Crippen molar-refractivity contribution in [3.8, 4) is 11.3 Å². The van der Waals surface area contributed by atoms with Crippen LogP contribution in [0.3, 0.4) is 0 Å². The first kappa shape index (κ1) is 17.6. The van der Waals surface area contributed by atoms with E-state index in [0.717, 1.165) is 53.9 Å². The van der Waals surface area contributed by atoms with Crippen molar-refractivity contribution in [3.05, 3.63) is 71.3 Å². The summed E-state index contributed by atoms with van der Waals surface area (Å²) in [7, 11) is 0. The highest BCUT2D eigenvalue weighted by atomic mass is 16.1. The molecule has 1 fully saturated rings. The molecule has 3 heterocycles. The molecule has 0 spiro atoms. The van der Waals surface area contributed by atoms with Crippen molar-refractivity contribution >= 4 is 17.0 Å². The van der Waals surface area contributed by atoms with Crippen molar-refractivity contribution in [2.45, 2.75) is 37.8 Å². The lowest BCUT2D eigenvalue weighted by molar-refractivity contribution is 0.304. The van der Waals surface area contributed by atoms with Gasteiger partial charge >= 0.3 is 0 Å². The molecule has 0 amide bonds. The minimum atomic E-state index is -0.0449. The molecule has 0 unspecified atom stereocenters. The van der Waals surface area contributed by atoms with Crippen LogP contribution >= 0.6 is 0 Å². The normalized spacial score (nSPS) is 19.3. The van der Waals surface area contributed by atoms with Crippen molar-refractivity contribution in [3.63, 3.8) is 0 Å². The third-order valence-electron chi connectivity index (χ3n) is 5.57. The Balaban J connectivity index is 1.28. The number of hydrogen-bond donors (Lipinski definition) is 2. The Kier molecular flexibility index (Phi) is 4.56. The van der Waals surface area contributed by atoms with Crippen LogP contribution in [0.4, 0.5) is 5.95 Å². The highest BCUT2D eigenvalue weighted by molar-refractivity contribution is 5.77. The number of fused-ring (bicyclic) bond motifs is 1. The summed E-state index contributed by atoms with van der Waals surface area (Å²) < 4.78 is 1.66. The van der Waals surface area contributed by atoms with E-state index in [-0.39, 0.29) is 11.6 Å². The Hall–Kier alpha value is -3.48. The molecule has 29 heavy (non-hydrogen) atoms. The van der Waals surface area contributed by atoms with Crippen LogP contribution in [0.2, 0.25) is 0 Å². The van der Waals surface area contributed by atoms with Gasteiger partial charge < -0.3 is 10.3 Å². The maximum absolute atomic E-state index is 12.4. The summed E-state index contributed by atoms with van der Waals surface area (Å²) >= 11 is 0. The van der Waals surface area contributed by atoms with E-state index in [4.69, 9.17) is 0 Å². The van der Waals surface area contributed by atoms with Crippen LogP contribution in [0.1, 0.15) is 31.7 Å². The molecular weight excluding hydrogens is 364 g/mol. The lowest BCUT2D eigenvalue weighted by atomic mass is 9.91. The Bertz CT molecular complexity index is 1140. The predicted molar refractivity (Wildman–Crippen MR) is 113 cm³/mol. The van der Waals surface area contributed by atoms with E-state index in [2.05, 4.69) is 25.4 Å². The van der Waals surface area contributed by atoms with Gasteiger partial charge in [0.05, 0.1) is 22.8 Å². The first-order valence-electron chi connectivity index (χ1n) is 9.98. The SMILES string of the molecule is O=c1ccc(-c2ccncc2)nn1C1CCC(Nc2nc3ccccc3[nH]2)CC1. The Morgan fingerprint density at radius 2 is 1.76 bits per heavy atom. The smallest absolute Gasteiger partial charge is 0.267 e. The lowest BCUT2D eigenvalue weighted by Crippen LogP contribution is -2.33. The molecule has 1 saturated carbocycles. The molecule has 2 N–H and O–H groups in total. The van der Waals surface area contributed by atoms with Crippen molar-refractivity contribution in [1.82, 2.24) is 24.7 Å². The van der Waals surface area contributed by atoms with E-state index in [9.17, 15) is 4.79 Å². The van der Waals surface area contributed by atoms with Gasteiger partial charge in [0.1, 0.15) is 0 Å². The first-order valence-corrected chi connectivity index (χ1v) is 9.98. The topological polar surface area (TPSA) is 88.5 Å². The van der Waals surface area contributed by atoms with E-state index in [1.165, 1.54) is 0 Å². The van der Waals surface area contributed by atoms with Gasteiger partial charge in [-0.25, -0.2) is 9.67 Å². The van der Waals surface area contributed by atoms with Gasteiger partial charge in [-0.3, -0.25) is 9.78 Å². The van der Waals surface area contributed by atoms with Crippen LogP contribution < -0.4 is 10.9 Å². The highest BCUT2D eigenvalue weighted by Gasteiger charge is 2.24. The summed E-state index contributed by atoms with van der Waals surface area (Å²) in [5.41, 5.74) is 3.72. The minimum Gasteiger partial charge on any atom is -0.353 e. The van der Waals surface area contributed by atoms with Crippen LogP contribution in [0.25, 0.3) is 22.3 Å². The molecule has 7 heteroatoms. The van der Waals surface area contributed by atoms with E-state index < -0.39 is 0 Å². The Morgan fingerprint density at radius 1 is 0.966 bits per heavy atom. The van der Waals surface area contributed by atoms with Gasteiger partial charge in [-0.1, -0.05) is 12.1 Å². The zero-order chi connectivity index (χ0) is 19.6. The number of rotatable bonds is 4. The zero-order valence-electron chi connectivity index (χ0n) is 16.0. The fraction of sp³-hybridized carbons (Fsp3) is 0.273. The third kappa shape index (κ3) is 3.63. The van der Waals surface area contributed by atoms with Crippen molar-refractivity contribution in [2.75, 3.05) is 5.32 Å². The van der Waals surface area contributed by atoms with E-state index in [1.807, 2.05) is 36.4 Å². The highest BCUT2D eigenvalue weighted by Crippen LogP contribution is 2.29. The van der Waals surface area contributed by atoms with Gasteiger partial charge in [0.25, 0.3) is 5.56 Å². The lowest BCUT2D eigenvalue weighted by Gasteiger charge is -2.29. The summed E-state index contributed by atoms with van der Waals surface area (Å²) in [5, 5.41) is 8.15. The van der Waals surface area contributed by atoms with Crippen LogP contribution in [-0.4, -0.2) is 30.8 Å². The summed E-state index contributed by atoms with van der Waals surface area (Å²) in [6, 6.07) is 15.7. The van der Waals surface area contributed by atoms with Gasteiger partial charge in [-0.15, -0.1) is 0 Å². The number of hydrogen-bond acceptors (Lipinski definition) is 5.